The van der Waals surface area contributed by atoms with Crippen LogP contribution in [0.15, 0.2) is 57.8 Å². The van der Waals surface area contributed by atoms with E-state index in [9.17, 15) is 0 Å². The second-order valence-corrected chi connectivity index (χ2v) is 8.46. The summed E-state index contributed by atoms with van der Waals surface area (Å²) < 4.78 is 21.0. The van der Waals surface area contributed by atoms with Crippen LogP contribution in [-0.2, 0) is 0 Å². The minimum absolute atomic E-state index is 0.510. The zero-order valence-corrected chi connectivity index (χ0v) is 22.2. The SMILES string of the molecule is COc1ccc(-c2cnoc2C)c(C)c1.COc1ccc(B(O)O)c(C)c1.Cc1oncc1I. The molecule has 2 aromatic carbocycles. The Hall–Kier alpha value is -2.83. The van der Waals surface area contributed by atoms with Crippen LogP contribution in [0.1, 0.15) is 22.6 Å². The third-order valence-corrected chi connectivity index (χ3v) is 5.96. The predicted octanol–water partition coefficient (Wildman–Crippen LogP) is 4.24. The summed E-state index contributed by atoms with van der Waals surface area (Å²) in [4.78, 5) is 0. The van der Waals surface area contributed by atoms with Crippen molar-refractivity contribution in [2.75, 3.05) is 14.2 Å². The summed E-state index contributed by atoms with van der Waals surface area (Å²) in [5.41, 5.74) is 4.64. The molecule has 0 amide bonds. The minimum Gasteiger partial charge on any atom is -0.497 e. The van der Waals surface area contributed by atoms with Crippen molar-refractivity contribution >= 4 is 35.2 Å². The molecule has 0 unspecified atom stereocenters. The molecule has 8 nitrogen and oxygen atoms in total. The molecule has 2 heterocycles. The fraction of sp³-hybridized carbons (Fsp3) is 0.250. The molecule has 2 N–H and O–H groups in total. The number of rotatable bonds is 4. The van der Waals surface area contributed by atoms with E-state index in [2.05, 4.69) is 32.9 Å². The highest BCUT2D eigenvalue weighted by molar-refractivity contribution is 14.1. The topological polar surface area (TPSA) is 111 Å². The van der Waals surface area contributed by atoms with E-state index in [1.807, 2.05) is 39.0 Å². The molecular weight excluding hydrogens is 550 g/mol. The van der Waals surface area contributed by atoms with Gasteiger partial charge in [-0.25, -0.2) is 0 Å². The third-order valence-electron chi connectivity index (χ3n) is 4.92. The zero-order valence-electron chi connectivity index (χ0n) is 20.0. The van der Waals surface area contributed by atoms with Gasteiger partial charge in [-0.15, -0.1) is 0 Å². The Balaban J connectivity index is 0.000000192. The summed E-state index contributed by atoms with van der Waals surface area (Å²) in [5, 5.41) is 25.1. The number of aryl methyl sites for hydroxylation is 4. The van der Waals surface area contributed by atoms with Crippen LogP contribution in [-0.4, -0.2) is 41.7 Å². The normalized spacial score (nSPS) is 9.91. The van der Waals surface area contributed by atoms with Crippen molar-refractivity contribution in [2.24, 2.45) is 0 Å². The van der Waals surface area contributed by atoms with Crippen LogP contribution in [0.5, 0.6) is 11.5 Å². The smallest absolute Gasteiger partial charge is 0.488 e. The molecule has 4 rings (SSSR count). The molecule has 0 saturated carbocycles. The molecule has 2 aromatic heterocycles. The van der Waals surface area contributed by atoms with Crippen LogP contribution in [0.25, 0.3) is 11.1 Å². The predicted molar refractivity (Wildman–Crippen MR) is 139 cm³/mol. The average Bonchev–Trinajstić information content (AvgIpc) is 3.41. The third kappa shape index (κ3) is 7.61. The molecule has 180 valence electrons. The standard InChI is InChI=1S/C12H13NO2.C8H11BO3.C4H4INO/c1-8-6-10(14-3)4-5-11(8)12-7-13-15-9(12)2;1-6-5-7(12-2)3-4-8(6)9(10)11;1-3-4(5)2-6-7-3/h4-7H,1-3H3;3-5,10-11H,1-2H3;2H,1H3. The number of benzene rings is 2. The van der Waals surface area contributed by atoms with Gasteiger partial charge in [0.15, 0.2) is 0 Å². The molecule has 0 bridgehead atoms. The lowest BCUT2D eigenvalue weighted by atomic mass is 9.77. The number of methoxy groups -OCH3 is 2. The van der Waals surface area contributed by atoms with Gasteiger partial charge in [0, 0.05) is 5.56 Å². The fourth-order valence-electron chi connectivity index (χ4n) is 2.97. The molecule has 0 aliphatic heterocycles. The lowest BCUT2D eigenvalue weighted by Crippen LogP contribution is -2.31. The highest BCUT2D eigenvalue weighted by Crippen LogP contribution is 2.28. The minimum atomic E-state index is -1.41. The largest absolute Gasteiger partial charge is 0.497 e. The van der Waals surface area contributed by atoms with Gasteiger partial charge in [-0.05, 0) is 96.7 Å². The first-order valence-electron chi connectivity index (χ1n) is 10.3. The molecule has 10 heteroatoms. The lowest BCUT2D eigenvalue weighted by Gasteiger charge is -2.06. The van der Waals surface area contributed by atoms with Gasteiger partial charge in [0.25, 0.3) is 0 Å². The summed E-state index contributed by atoms with van der Waals surface area (Å²) in [6.07, 6.45) is 3.43. The van der Waals surface area contributed by atoms with Crippen molar-refractivity contribution in [1.82, 2.24) is 10.3 Å². The van der Waals surface area contributed by atoms with E-state index in [4.69, 9.17) is 28.6 Å². The highest BCUT2D eigenvalue weighted by atomic mass is 127. The average molecular weight is 578 g/mol. The Morgan fingerprint density at radius 3 is 1.71 bits per heavy atom. The van der Waals surface area contributed by atoms with Gasteiger partial charge in [-0.3, -0.25) is 0 Å². The first-order valence-corrected chi connectivity index (χ1v) is 11.4. The number of hydrogen-bond acceptors (Lipinski definition) is 8. The number of ether oxygens (including phenoxy) is 2. The summed E-state index contributed by atoms with van der Waals surface area (Å²) in [6, 6.07) is 11.1. The summed E-state index contributed by atoms with van der Waals surface area (Å²) in [5.74, 6) is 3.31. The van der Waals surface area contributed by atoms with Crippen LogP contribution in [0, 0.1) is 31.3 Å². The summed E-state index contributed by atoms with van der Waals surface area (Å²) >= 11 is 2.16. The Kier molecular flexibility index (Phi) is 10.6. The molecular formula is C24H28BIN2O6. The van der Waals surface area contributed by atoms with E-state index in [-0.39, 0.29) is 0 Å². The van der Waals surface area contributed by atoms with E-state index < -0.39 is 7.12 Å². The van der Waals surface area contributed by atoms with E-state index in [0.717, 1.165) is 48.8 Å². The second kappa shape index (κ2) is 13.2. The van der Waals surface area contributed by atoms with Gasteiger partial charge < -0.3 is 28.6 Å². The van der Waals surface area contributed by atoms with Gasteiger partial charge in [0.05, 0.1) is 30.2 Å². The Bertz CT molecular complexity index is 1180. The van der Waals surface area contributed by atoms with Gasteiger partial charge >= 0.3 is 7.12 Å². The number of hydrogen-bond donors (Lipinski definition) is 2. The Labute approximate surface area is 213 Å². The first-order chi connectivity index (χ1) is 16.2. The van der Waals surface area contributed by atoms with E-state index >= 15 is 0 Å². The fourth-order valence-corrected chi connectivity index (χ4v) is 3.19. The lowest BCUT2D eigenvalue weighted by molar-refractivity contribution is 0.396. The zero-order chi connectivity index (χ0) is 25.3. The molecule has 0 aliphatic carbocycles. The van der Waals surface area contributed by atoms with Crippen molar-refractivity contribution in [1.29, 1.82) is 0 Å². The highest BCUT2D eigenvalue weighted by Gasteiger charge is 2.13. The van der Waals surface area contributed by atoms with Gasteiger partial charge in [0.2, 0.25) is 0 Å². The number of halogens is 1. The van der Waals surface area contributed by atoms with Gasteiger partial charge in [-0.2, -0.15) is 0 Å². The summed E-state index contributed by atoms with van der Waals surface area (Å²) in [7, 11) is 1.83. The Morgan fingerprint density at radius 2 is 1.32 bits per heavy atom. The first kappa shape index (κ1) is 27.4. The van der Waals surface area contributed by atoms with Crippen molar-refractivity contribution in [3.8, 4) is 22.6 Å². The van der Waals surface area contributed by atoms with Gasteiger partial charge in [-0.1, -0.05) is 22.4 Å². The van der Waals surface area contributed by atoms with Crippen LogP contribution < -0.4 is 14.9 Å². The Morgan fingerprint density at radius 1 is 0.765 bits per heavy atom. The molecule has 34 heavy (non-hydrogen) atoms. The molecule has 0 radical (unpaired) electrons. The maximum absolute atomic E-state index is 8.88. The van der Waals surface area contributed by atoms with Crippen LogP contribution >= 0.6 is 22.6 Å². The van der Waals surface area contributed by atoms with Crippen molar-refractivity contribution < 1.29 is 28.6 Å². The van der Waals surface area contributed by atoms with Crippen LogP contribution in [0.4, 0.5) is 0 Å². The molecule has 0 spiro atoms. The van der Waals surface area contributed by atoms with Gasteiger partial charge in [0.1, 0.15) is 23.0 Å². The molecule has 4 aromatic rings. The molecule has 0 atom stereocenters. The van der Waals surface area contributed by atoms with Crippen molar-refractivity contribution in [2.45, 2.75) is 27.7 Å². The van der Waals surface area contributed by atoms with Crippen molar-refractivity contribution in [3.05, 3.63) is 75.0 Å². The quantitative estimate of drug-likeness (QED) is 0.274. The van der Waals surface area contributed by atoms with E-state index in [1.165, 1.54) is 0 Å². The molecule has 0 aliphatic rings. The van der Waals surface area contributed by atoms with E-state index in [0.29, 0.717) is 5.46 Å². The van der Waals surface area contributed by atoms with Crippen LogP contribution in [0.2, 0.25) is 0 Å². The maximum atomic E-state index is 8.88. The summed E-state index contributed by atoms with van der Waals surface area (Å²) in [6.45, 7) is 7.64. The molecule has 0 saturated heterocycles. The van der Waals surface area contributed by atoms with Crippen LogP contribution in [0.3, 0.4) is 0 Å². The second-order valence-electron chi connectivity index (χ2n) is 7.30. The maximum Gasteiger partial charge on any atom is 0.488 e. The van der Waals surface area contributed by atoms with Crippen molar-refractivity contribution in [3.63, 3.8) is 0 Å². The number of nitrogens with zero attached hydrogens (tertiary/aromatic N) is 2. The molecule has 0 fully saturated rings. The monoisotopic (exact) mass is 578 g/mol. The number of aromatic nitrogens is 2. The van der Waals surface area contributed by atoms with E-state index in [1.54, 1.807) is 51.7 Å².